The Kier molecular flexibility index (Phi) is 7.00. The fourth-order valence-electron chi connectivity index (χ4n) is 3.58. The molecule has 0 unspecified atom stereocenters. The van der Waals surface area contributed by atoms with Crippen LogP contribution in [0, 0.1) is 17.0 Å². The highest BCUT2D eigenvalue weighted by molar-refractivity contribution is 5.94. The number of benzene rings is 2. The van der Waals surface area contributed by atoms with E-state index in [1.54, 1.807) is 28.0 Å². The van der Waals surface area contributed by atoms with Gasteiger partial charge in [-0.25, -0.2) is 0 Å². The number of hydrogen-bond acceptors (Lipinski definition) is 5. The van der Waals surface area contributed by atoms with Crippen LogP contribution in [0.1, 0.15) is 28.8 Å². The molecule has 0 atom stereocenters. The van der Waals surface area contributed by atoms with Crippen molar-refractivity contribution in [1.29, 1.82) is 0 Å². The summed E-state index contributed by atoms with van der Waals surface area (Å²) < 4.78 is 0. The van der Waals surface area contributed by atoms with Crippen molar-refractivity contribution < 1.29 is 14.5 Å². The number of hydrogen-bond donors (Lipinski definition) is 1. The highest BCUT2D eigenvalue weighted by Crippen LogP contribution is 2.23. The van der Waals surface area contributed by atoms with Gasteiger partial charge in [0.25, 0.3) is 11.6 Å². The molecule has 1 heterocycles. The lowest BCUT2D eigenvalue weighted by molar-refractivity contribution is -0.384. The van der Waals surface area contributed by atoms with Gasteiger partial charge in [0.05, 0.1) is 4.92 Å². The standard InChI is InChI=1S/C22H26N4O4/c1-17-6-4-7-18(16-17)22(28)25-13-5-12-24(14-15-25)21(27)10-11-23-19-8-2-3-9-20(19)26(29)30/h2-4,6-9,16,23H,5,10-15H2,1H3. The zero-order valence-corrected chi connectivity index (χ0v) is 17.0. The summed E-state index contributed by atoms with van der Waals surface area (Å²) in [6, 6.07) is 13.9. The number of carbonyl (C=O) groups is 2. The highest BCUT2D eigenvalue weighted by Gasteiger charge is 2.23. The summed E-state index contributed by atoms with van der Waals surface area (Å²) >= 11 is 0. The first kappa shape index (κ1) is 21.3. The molecular weight excluding hydrogens is 384 g/mol. The molecule has 2 aromatic rings. The summed E-state index contributed by atoms with van der Waals surface area (Å²) in [5.41, 5.74) is 2.10. The molecule has 2 amide bonds. The van der Waals surface area contributed by atoms with Crippen molar-refractivity contribution in [1.82, 2.24) is 9.80 Å². The van der Waals surface area contributed by atoms with Crippen LogP contribution in [0.15, 0.2) is 48.5 Å². The van der Waals surface area contributed by atoms with Crippen LogP contribution in [-0.4, -0.2) is 59.3 Å². The molecule has 1 saturated heterocycles. The van der Waals surface area contributed by atoms with Gasteiger partial charge in [-0.3, -0.25) is 19.7 Å². The van der Waals surface area contributed by atoms with Crippen molar-refractivity contribution >= 4 is 23.2 Å². The predicted molar refractivity (Wildman–Crippen MR) is 114 cm³/mol. The lowest BCUT2D eigenvalue weighted by Gasteiger charge is -2.22. The first-order chi connectivity index (χ1) is 14.5. The van der Waals surface area contributed by atoms with Crippen LogP contribution < -0.4 is 5.32 Å². The van der Waals surface area contributed by atoms with E-state index in [0.717, 1.165) is 12.0 Å². The second kappa shape index (κ2) is 9.87. The topological polar surface area (TPSA) is 95.8 Å². The minimum atomic E-state index is -0.446. The minimum Gasteiger partial charge on any atom is -0.379 e. The van der Waals surface area contributed by atoms with E-state index >= 15 is 0 Å². The monoisotopic (exact) mass is 410 g/mol. The maximum atomic E-state index is 12.8. The number of para-hydroxylation sites is 2. The van der Waals surface area contributed by atoms with Crippen molar-refractivity contribution in [2.24, 2.45) is 0 Å². The van der Waals surface area contributed by atoms with E-state index in [0.29, 0.717) is 44.0 Å². The maximum Gasteiger partial charge on any atom is 0.292 e. The lowest BCUT2D eigenvalue weighted by Crippen LogP contribution is -2.37. The molecule has 30 heavy (non-hydrogen) atoms. The average molecular weight is 410 g/mol. The zero-order chi connectivity index (χ0) is 21.5. The Bertz CT molecular complexity index is 931. The van der Waals surface area contributed by atoms with E-state index in [4.69, 9.17) is 0 Å². The van der Waals surface area contributed by atoms with Crippen LogP contribution in [0.3, 0.4) is 0 Å². The van der Waals surface area contributed by atoms with Crippen LogP contribution in [0.25, 0.3) is 0 Å². The minimum absolute atomic E-state index is 0.00828. The normalized spacial score (nSPS) is 14.2. The number of nitro groups is 1. The lowest BCUT2D eigenvalue weighted by atomic mass is 10.1. The molecule has 3 rings (SSSR count). The molecule has 158 valence electrons. The summed E-state index contributed by atoms with van der Waals surface area (Å²) in [5.74, 6) is -0.0306. The van der Waals surface area contributed by atoms with E-state index in [9.17, 15) is 19.7 Å². The van der Waals surface area contributed by atoms with Crippen LogP contribution in [-0.2, 0) is 4.79 Å². The van der Waals surface area contributed by atoms with Crippen molar-refractivity contribution in [2.75, 3.05) is 38.0 Å². The number of aryl methyl sites for hydroxylation is 1. The second-order valence-electron chi connectivity index (χ2n) is 7.35. The molecule has 0 aliphatic carbocycles. The van der Waals surface area contributed by atoms with Gasteiger partial charge in [-0.2, -0.15) is 0 Å². The van der Waals surface area contributed by atoms with E-state index in [-0.39, 0.29) is 23.9 Å². The Balaban J connectivity index is 1.51. The molecule has 8 heteroatoms. The number of nitro benzene ring substituents is 1. The molecule has 0 saturated carbocycles. The summed E-state index contributed by atoms with van der Waals surface area (Å²) in [6.07, 6.45) is 0.957. The van der Waals surface area contributed by atoms with E-state index in [1.807, 2.05) is 31.2 Å². The van der Waals surface area contributed by atoms with Gasteiger partial charge in [-0.1, -0.05) is 29.8 Å². The molecular formula is C22H26N4O4. The third-order valence-corrected chi connectivity index (χ3v) is 5.16. The summed E-state index contributed by atoms with van der Waals surface area (Å²) in [6.45, 7) is 4.47. The molecule has 0 spiro atoms. The third kappa shape index (κ3) is 5.34. The van der Waals surface area contributed by atoms with Crippen LogP contribution in [0.5, 0.6) is 0 Å². The summed E-state index contributed by atoms with van der Waals surface area (Å²) in [4.78, 5) is 39.5. The molecule has 1 N–H and O–H groups in total. The maximum absolute atomic E-state index is 12.8. The van der Waals surface area contributed by atoms with Crippen LogP contribution in [0.2, 0.25) is 0 Å². The Labute approximate surface area is 175 Å². The number of nitrogens with one attached hydrogen (secondary N) is 1. The van der Waals surface area contributed by atoms with Crippen LogP contribution in [0.4, 0.5) is 11.4 Å². The van der Waals surface area contributed by atoms with Gasteiger partial charge in [-0.15, -0.1) is 0 Å². The van der Waals surface area contributed by atoms with Gasteiger partial charge in [0.15, 0.2) is 0 Å². The fourth-order valence-corrected chi connectivity index (χ4v) is 3.58. The van der Waals surface area contributed by atoms with Crippen molar-refractivity contribution in [3.63, 3.8) is 0 Å². The Morgan fingerprint density at radius 1 is 1.03 bits per heavy atom. The molecule has 0 bridgehead atoms. The SMILES string of the molecule is Cc1cccc(C(=O)N2CCCN(C(=O)CCNc3ccccc3[N+](=O)[O-])CC2)c1. The molecule has 0 aromatic heterocycles. The van der Waals surface area contributed by atoms with E-state index in [2.05, 4.69) is 5.32 Å². The summed E-state index contributed by atoms with van der Waals surface area (Å²) in [7, 11) is 0. The van der Waals surface area contributed by atoms with Gasteiger partial charge in [0, 0.05) is 50.8 Å². The smallest absolute Gasteiger partial charge is 0.292 e. The van der Waals surface area contributed by atoms with Gasteiger partial charge >= 0.3 is 0 Å². The van der Waals surface area contributed by atoms with Crippen molar-refractivity contribution in [3.8, 4) is 0 Å². The fraction of sp³-hybridized carbons (Fsp3) is 0.364. The largest absolute Gasteiger partial charge is 0.379 e. The molecule has 0 radical (unpaired) electrons. The molecule has 1 aliphatic heterocycles. The van der Waals surface area contributed by atoms with Gasteiger partial charge in [0.1, 0.15) is 5.69 Å². The number of anilines is 1. The molecule has 1 aliphatic rings. The average Bonchev–Trinajstić information content (AvgIpc) is 3.00. The number of carbonyl (C=O) groups excluding carboxylic acids is 2. The molecule has 8 nitrogen and oxygen atoms in total. The summed E-state index contributed by atoms with van der Waals surface area (Å²) in [5, 5.41) is 14.0. The Hall–Kier alpha value is -3.42. The Morgan fingerprint density at radius 3 is 2.53 bits per heavy atom. The van der Waals surface area contributed by atoms with Gasteiger partial charge in [-0.05, 0) is 31.5 Å². The van der Waals surface area contributed by atoms with Gasteiger partial charge < -0.3 is 15.1 Å². The van der Waals surface area contributed by atoms with Crippen LogP contribution >= 0.6 is 0 Å². The first-order valence-corrected chi connectivity index (χ1v) is 10.1. The number of amides is 2. The number of nitrogens with zero attached hydrogens (tertiary/aromatic N) is 3. The first-order valence-electron chi connectivity index (χ1n) is 10.1. The second-order valence-corrected chi connectivity index (χ2v) is 7.35. The van der Waals surface area contributed by atoms with Crippen molar-refractivity contribution in [2.45, 2.75) is 19.8 Å². The zero-order valence-electron chi connectivity index (χ0n) is 17.0. The van der Waals surface area contributed by atoms with Crippen molar-refractivity contribution in [3.05, 3.63) is 69.8 Å². The molecule has 1 fully saturated rings. The number of rotatable bonds is 6. The Morgan fingerprint density at radius 2 is 1.77 bits per heavy atom. The highest BCUT2D eigenvalue weighted by atomic mass is 16.6. The molecule has 2 aromatic carbocycles. The third-order valence-electron chi connectivity index (χ3n) is 5.16. The van der Waals surface area contributed by atoms with E-state index < -0.39 is 4.92 Å². The van der Waals surface area contributed by atoms with E-state index in [1.165, 1.54) is 6.07 Å². The van der Waals surface area contributed by atoms with Gasteiger partial charge in [0.2, 0.25) is 5.91 Å². The quantitative estimate of drug-likeness (QED) is 0.583. The predicted octanol–water partition coefficient (Wildman–Crippen LogP) is 3.08.